The molecule has 1 aliphatic heterocycles. The van der Waals surface area contributed by atoms with Gasteiger partial charge in [-0.05, 0) is 49.2 Å². The highest BCUT2D eigenvalue weighted by molar-refractivity contribution is 7.22. The molecule has 0 saturated carbocycles. The molecule has 0 spiro atoms. The molecule has 0 atom stereocenters. The Labute approximate surface area is 212 Å². The molecule has 1 fully saturated rings. The second-order valence-corrected chi connectivity index (χ2v) is 9.42. The molecule has 0 bridgehead atoms. The van der Waals surface area contributed by atoms with E-state index in [0.29, 0.717) is 18.7 Å². The number of thiazole rings is 1. The Morgan fingerprint density at radius 3 is 2.62 bits per heavy atom. The van der Waals surface area contributed by atoms with E-state index < -0.39 is 0 Å². The Morgan fingerprint density at radius 1 is 1.15 bits per heavy atom. The minimum Gasteiger partial charge on any atom is -0.494 e. The number of hydrogen-bond donors (Lipinski definition) is 0. The van der Waals surface area contributed by atoms with Crippen molar-refractivity contribution < 1.29 is 14.3 Å². The molecule has 3 aromatic rings. The third kappa shape index (κ3) is 6.69. The second-order valence-electron chi connectivity index (χ2n) is 8.41. The van der Waals surface area contributed by atoms with Gasteiger partial charge in [0.05, 0.1) is 30.0 Å². The Morgan fingerprint density at radius 2 is 1.91 bits per heavy atom. The summed E-state index contributed by atoms with van der Waals surface area (Å²) in [5.74, 6) is 0.774. The van der Waals surface area contributed by atoms with Crippen LogP contribution in [0.4, 0.5) is 5.13 Å². The summed E-state index contributed by atoms with van der Waals surface area (Å²) in [6, 6.07) is 13.7. The van der Waals surface area contributed by atoms with Gasteiger partial charge in [0.25, 0.3) is 5.91 Å². The molecule has 0 radical (unpaired) electrons. The van der Waals surface area contributed by atoms with Crippen LogP contribution in [0.25, 0.3) is 10.2 Å². The van der Waals surface area contributed by atoms with Gasteiger partial charge in [0.2, 0.25) is 0 Å². The number of halogens is 1. The summed E-state index contributed by atoms with van der Waals surface area (Å²) in [6.07, 6.45) is 3.38. The Hall–Kier alpha value is -2.19. The lowest BCUT2D eigenvalue weighted by Gasteiger charge is -2.29. The maximum absolute atomic E-state index is 13.6. The van der Waals surface area contributed by atoms with Gasteiger partial charge in [-0.2, -0.15) is 0 Å². The first-order valence-electron chi connectivity index (χ1n) is 11.9. The first kappa shape index (κ1) is 26.4. The molecule has 1 aliphatic rings. The van der Waals surface area contributed by atoms with Crippen LogP contribution >= 0.6 is 23.7 Å². The highest BCUT2D eigenvalue weighted by Gasteiger charge is 2.23. The zero-order valence-electron chi connectivity index (χ0n) is 20.0. The second kappa shape index (κ2) is 13.0. The zero-order chi connectivity index (χ0) is 23.0. The number of hydrogen-bond acceptors (Lipinski definition) is 6. The van der Waals surface area contributed by atoms with Crippen LogP contribution in [0.2, 0.25) is 0 Å². The van der Waals surface area contributed by atoms with E-state index in [4.69, 9.17) is 14.5 Å². The normalized spacial score (nSPS) is 14.1. The molecular weight excluding hydrogens is 470 g/mol. The van der Waals surface area contributed by atoms with Crippen molar-refractivity contribution in [1.82, 2.24) is 9.88 Å². The molecule has 2 aromatic carbocycles. The lowest BCUT2D eigenvalue weighted by atomic mass is 10.2. The van der Waals surface area contributed by atoms with Gasteiger partial charge in [-0.25, -0.2) is 4.98 Å². The fourth-order valence-corrected chi connectivity index (χ4v) is 5.00. The SMILES string of the molecule is CCCCCOc1ccc(C(=O)N(CCN2CCOCC2)c2nc3c(C)cccc3s2)cc1.Cl. The van der Waals surface area contributed by atoms with E-state index >= 15 is 0 Å². The van der Waals surface area contributed by atoms with Crippen LogP contribution < -0.4 is 9.64 Å². The molecule has 1 aromatic heterocycles. The van der Waals surface area contributed by atoms with Crippen LogP contribution in [0.3, 0.4) is 0 Å². The predicted molar refractivity (Wildman–Crippen MR) is 142 cm³/mol. The number of rotatable bonds is 10. The Bertz CT molecular complexity index is 1050. The van der Waals surface area contributed by atoms with Crippen molar-refractivity contribution in [2.75, 3.05) is 50.9 Å². The molecule has 0 aliphatic carbocycles. The largest absolute Gasteiger partial charge is 0.494 e. The number of ether oxygens (including phenoxy) is 2. The van der Waals surface area contributed by atoms with Crippen molar-refractivity contribution in [2.45, 2.75) is 33.1 Å². The summed E-state index contributed by atoms with van der Waals surface area (Å²) < 4.78 is 12.4. The van der Waals surface area contributed by atoms with Crippen molar-refractivity contribution in [3.8, 4) is 5.75 Å². The molecule has 1 amide bonds. The van der Waals surface area contributed by atoms with Crippen LogP contribution in [0.15, 0.2) is 42.5 Å². The molecule has 1 saturated heterocycles. The fourth-order valence-electron chi connectivity index (χ4n) is 3.93. The number of benzene rings is 2. The predicted octanol–water partition coefficient (Wildman–Crippen LogP) is 5.57. The van der Waals surface area contributed by atoms with Crippen LogP contribution in [-0.2, 0) is 4.74 Å². The summed E-state index contributed by atoms with van der Waals surface area (Å²) in [7, 11) is 0. The maximum Gasteiger partial charge on any atom is 0.260 e. The van der Waals surface area contributed by atoms with E-state index in [0.717, 1.165) is 72.4 Å². The molecule has 0 unspecified atom stereocenters. The third-order valence-corrected chi connectivity index (χ3v) is 6.99. The topological polar surface area (TPSA) is 54.9 Å². The Balaban J connectivity index is 0.00000324. The van der Waals surface area contributed by atoms with Gasteiger partial charge in [-0.3, -0.25) is 14.6 Å². The summed E-state index contributed by atoms with van der Waals surface area (Å²) in [5, 5.41) is 0.748. The van der Waals surface area contributed by atoms with Crippen LogP contribution in [0.5, 0.6) is 5.75 Å². The van der Waals surface area contributed by atoms with E-state index in [1.54, 1.807) is 11.3 Å². The summed E-state index contributed by atoms with van der Waals surface area (Å²) >= 11 is 1.57. The number of nitrogens with zero attached hydrogens (tertiary/aromatic N) is 3. The fraction of sp³-hybridized carbons (Fsp3) is 0.462. The van der Waals surface area contributed by atoms with Crippen LogP contribution in [-0.4, -0.2) is 61.8 Å². The van der Waals surface area contributed by atoms with E-state index in [-0.39, 0.29) is 18.3 Å². The molecule has 0 N–H and O–H groups in total. The average Bonchev–Trinajstić information content (AvgIpc) is 3.28. The number of para-hydroxylation sites is 1. The van der Waals surface area contributed by atoms with Crippen molar-refractivity contribution in [2.24, 2.45) is 0 Å². The van der Waals surface area contributed by atoms with Crippen molar-refractivity contribution >= 4 is 45.0 Å². The smallest absolute Gasteiger partial charge is 0.260 e. The number of aryl methyl sites for hydroxylation is 1. The van der Waals surface area contributed by atoms with Gasteiger partial charge in [0, 0.05) is 31.7 Å². The van der Waals surface area contributed by atoms with Gasteiger partial charge in [-0.1, -0.05) is 43.2 Å². The van der Waals surface area contributed by atoms with Crippen molar-refractivity contribution in [1.29, 1.82) is 0 Å². The lowest BCUT2D eigenvalue weighted by Crippen LogP contribution is -2.43. The quantitative estimate of drug-likeness (QED) is 0.338. The van der Waals surface area contributed by atoms with Gasteiger partial charge in [-0.15, -0.1) is 12.4 Å². The highest BCUT2D eigenvalue weighted by Crippen LogP contribution is 2.31. The standard InChI is InChI=1S/C26H33N3O3S.ClH/c1-3-4-5-17-32-22-11-9-21(10-12-22)25(30)29(14-13-28-15-18-31-19-16-28)26-27-24-20(2)7-6-8-23(24)33-26;/h6-12H,3-5,13-19H2,1-2H3;1H. The maximum atomic E-state index is 13.6. The summed E-state index contributed by atoms with van der Waals surface area (Å²) in [5.41, 5.74) is 2.74. The number of morpholine rings is 1. The van der Waals surface area contributed by atoms with E-state index in [1.807, 2.05) is 35.2 Å². The van der Waals surface area contributed by atoms with Gasteiger partial charge in [0.1, 0.15) is 5.75 Å². The summed E-state index contributed by atoms with van der Waals surface area (Å²) in [4.78, 5) is 22.6. The van der Waals surface area contributed by atoms with Crippen molar-refractivity contribution in [3.63, 3.8) is 0 Å². The number of carbonyl (C=O) groups excluding carboxylic acids is 1. The minimum absolute atomic E-state index is 0. The van der Waals surface area contributed by atoms with Crippen molar-refractivity contribution in [3.05, 3.63) is 53.6 Å². The molecule has 184 valence electrons. The molecule has 34 heavy (non-hydrogen) atoms. The lowest BCUT2D eigenvalue weighted by molar-refractivity contribution is 0.0391. The molecule has 2 heterocycles. The highest BCUT2D eigenvalue weighted by atomic mass is 35.5. The number of amides is 1. The van der Waals surface area contributed by atoms with Crippen LogP contribution in [0.1, 0.15) is 42.1 Å². The van der Waals surface area contributed by atoms with E-state index in [1.165, 1.54) is 6.42 Å². The van der Waals surface area contributed by atoms with E-state index in [2.05, 4.69) is 30.9 Å². The number of carbonyl (C=O) groups is 1. The Kier molecular flexibility index (Phi) is 10.1. The molecule has 8 heteroatoms. The first-order valence-corrected chi connectivity index (χ1v) is 12.7. The zero-order valence-corrected chi connectivity index (χ0v) is 21.6. The number of unbranched alkanes of at least 4 members (excludes halogenated alkanes) is 2. The monoisotopic (exact) mass is 503 g/mol. The van der Waals surface area contributed by atoms with Gasteiger partial charge in [0.15, 0.2) is 5.13 Å². The number of anilines is 1. The van der Waals surface area contributed by atoms with Gasteiger partial charge < -0.3 is 9.47 Å². The molecular formula is C26H34ClN3O3S. The first-order chi connectivity index (χ1) is 16.2. The number of aromatic nitrogens is 1. The molecule has 6 nitrogen and oxygen atoms in total. The molecule has 4 rings (SSSR count). The van der Waals surface area contributed by atoms with Gasteiger partial charge >= 0.3 is 0 Å². The number of fused-ring (bicyclic) bond motifs is 1. The average molecular weight is 504 g/mol. The minimum atomic E-state index is -0.0301. The van der Waals surface area contributed by atoms with Crippen LogP contribution in [0, 0.1) is 6.92 Å². The van der Waals surface area contributed by atoms with E-state index in [9.17, 15) is 4.79 Å². The third-order valence-electron chi connectivity index (χ3n) is 5.95. The summed E-state index contributed by atoms with van der Waals surface area (Å²) in [6.45, 7) is 9.61.